The number of carbonyl (C=O) groups is 2. The molecule has 3 rings (SSSR count). The van der Waals surface area contributed by atoms with E-state index in [-0.39, 0.29) is 29.2 Å². The molecule has 5 nitrogen and oxygen atoms in total. The van der Waals surface area contributed by atoms with Crippen LogP contribution in [0.1, 0.15) is 45.1 Å². The number of rotatable bonds is 3. The second-order valence-corrected chi connectivity index (χ2v) is 8.45. The Labute approximate surface area is 168 Å². The number of hydrogen-bond donors (Lipinski definition) is 2. The first-order chi connectivity index (χ1) is 12.6. The van der Waals surface area contributed by atoms with Gasteiger partial charge in [-0.3, -0.25) is 4.79 Å². The predicted molar refractivity (Wildman–Crippen MR) is 105 cm³/mol. The lowest BCUT2D eigenvalue weighted by atomic mass is 9.69. The number of nitrogens with one attached hydrogen (secondary N) is 1. The average molecular weight is 409 g/mol. The molecular formula is C20H22Cl2N2O3. The van der Waals surface area contributed by atoms with Gasteiger partial charge < -0.3 is 15.8 Å². The zero-order chi connectivity index (χ0) is 19.9. The van der Waals surface area contributed by atoms with Gasteiger partial charge in [0.2, 0.25) is 0 Å². The van der Waals surface area contributed by atoms with Gasteiger partial charge in [0.15, 0.2) is 5.78 Å². The van der Waals surface area contributed by atoms with Crippen molar-refractivity contribution < 1.29 is 14.3 Å². The van der Waals surface area contributed by atoms with Crippen LogP contribution >= 0.6 is 23.2 Å². The van der Waals surface area contributed by atoms with Gasteiger partial charge in [-0.15, -0.1) is 0 Å². The normalized spacial score (nSPS) is 21.7. The third kappa shape index (κ3) is 3.71. The highest BCUT2D eigenvalue weighted by atomic mass is 35.5. The summed E-state index contributed by atoms with van der Waals surface area (Å²) in [5.74, 6) is -1.09. The maximum atomic E-state index is 13.1. The third-order valence-corrected chi connectivity index (χ3v) is 5.40. The van der Waals surface area contributed by atoms with E-state index in [0.717, 1.165) is 5.70 Å². The topological polar surface area (TPSA) is 81.4 Å². The summed E-state index contributed by atoms with van der Waals surface area (Å²) in [6.07, 6.45) is 1.03. The van der Waals surface area contributed by atoms with E-state index in [0.29, 0.717) is 34.0 Å². The molecule has 1 heterocycles. The molecule has 0 fully saturated rings. The molecule has 1 aromatic rings. The molecule has 144 valence electrons. The maximum Gasteiger partial charge on any atom is 0.338 e. The first-order valence-electron chi connectivity index (χ1n) is 8.79. The van der Waals surface area contributed by atoms with Crippen LogP contribution in [0, 0.1) is 5.41 Å². The number of Topliss-reactive ketones (excluding diaryl/α,β-unsaturated/α-hetero) is 1. The van der Waals surface area contributed by atoms with Gasteiger partial charge in [0.05, 0.1) is 18.1 Å². The largest absolute Gasteiger partial charge is 0.463 e. The molecule has 0 bridgehead atoms. The molecule has 3 N–H and O–H groups in total. The van der Waals surface area contributed by atoms with E-state index in [1.54, 1.807) is 25.1 Å². The lowest BCUT2D eigenvalue weighted by Gasteiger charge is -2.39. The Kier molecular flexibility index (Phi) is 5.28. The van der Waals surface area contributed by atoms with Crippen LogP contribution in [0.2, 0.25) is 10.0 Å². The Hall–Kier alpha value is -1.98. The second kappa shape index (κ2) is 7.21. The fourth-order valence-corrected chi connectivity index (χ4v) is 4.31. The van der Waals surface area contributed by atoms with Crippen LogP contribution in [0.3, 0.4) is 0 Å². The molecule has 0 aromatic heterocycles. The summed E-state index contributed by atoms with van der Waals surface area (Å²) in [5, 5.41) is 3.91. The van der Waals surface area contributed by atoms with Gasteiger partial charge in [-0.05, 0) is 36.5 Å². The Balaban J connectivity index is 2.22. The van der Waals surface area contributed by atoms with E-state index in [4.69, 9.17) is 33.7 Å². The highest BCUT2D eigenvalue weighted by Crippen LogP contribution is 2.47. The summed E-state index contributed by atoms with van der Waals surface area (Å²) in [6.45, 7) is 5.97. The number of carbonyl (C=O) groups excluding carboxylic acids is 2. The molecule has 1 atom stereocenters. The van der Waals surface area contributed by atoms with Crippen molar-refractivity contribution in [3.8, 4) is 0 Å². The molecule has 0 spiro atoms. The standard InChI is InChI=1S/C20H22Cl2N2O3/c1-4-27-19(26)17-15(11-6-5-10(21)7-12(11)22)16-13(24-18(17)23)8-20(2,3)9-14(16)25/h5-7,15,24H,4,8-9,23H2,1-3H3. The van der Waals surface area contributed by atoms with E-state index < -0.39 is 11.9 Å². The van der Waals surface area contributed by atoms with E-state index in [2.05, 4.69) is 5.32 Å². The second-order valence-electron chi connectivity index (χ2n) is 7.60. The van der Waals surface area contributed by atoms with Crippen molar-refractivity contribution in [3.63, 3.8) is 0 Å². The van der Waals surface area contributed by atoms with Crippen LogP contribution in [-0.4, -0.2) is 18.4 Å². The van der Waals surface area contributed by atoms with E-state index in [9.17, 15) is 9.59 Å². The van der Waals surface area contributed by atoms with Crippen molar-refractivity contribution in [3.05, 3.63) is 56.5 Å². The van der Waals surface area contributed by atoms with Crippen molar-refractivity contribution >= 4 is 35.0 Å². The van der Waals surface area contributed by atoms with Crippen LogP contribution in [0.15, 0.2) is 40.9 Å². The average Bonchev–Trinajstić information content (AvgIpc) is 2.52. The van der Waals surface area contributed by atoms with Crippen molar-refractivity contribution in [2.45, 2.75) is 39.5 Å². The number of dihydropyridines is 1. The van der Waals surface area contributed by atoms with Gasteiger partial charge in [-0.25, -0.2) is 4.79 Å². The van der Waals surface area contributed by atoms with Crippen LogP contribution in [0.25, 0.3) is 0 Å². The molecule has 0 saturated heterocycles. The number of nitrogens with two attached hydrogens (primary N) is 1. The minimum Gasteiger partial charge on any atom is -0.463 e. The smallest absolute Gasteiger partial charge is 0.338 e. The van der Waals surface area contributed by atoms with Gasteiger partial charge in [0.25, 0.3) is 0 Å². The van der Waals surface area contributed by atoms with Gasteiger partial charge in [-0.1, -0.05) is 43.1 Å². The lowest BCUT2D eigenvalue weighted by molar-refractivity contribution is -0.138. The number of halogens is 2. The SMILES string of the molecule is CCOC(=O)C1=C(N)NC2=C(C(=O)CC(C)(C)C2)C1c1ccc(Cl)cc1Cl. The van der Waals surface area contributed by atoms with Gasteiger partial charge in [-0.2, -0.15) is 0 Å². The summed E-state index contributed by atoms with van der Waals surface area (Å²) < 4.78 is 5.20. The minimum absolute atomic E-state index is 0.0286. The molecular weight excluding hydrogens is 387 g/mol. The molecule has 0 radical (unpaired) electrons. The zero-order valence-corrected chi connectivity index (χ0v) is 17.0. The third-order valence-electron chi connectivity index (χ3n) is 4.84. The zero-order valence-electron chi connectivity index (χ0n) is 15.5. The summed E-state index contributed by atoms with van der Waals surface area (Å²) in [6, 6.07) is 5.00. The van der Waals surface area contributed by atoms with Crippen molar-refractivity contribution in [2.24, 2.45) is 11.1 Å². The molecule has 0 amide bonds. The monoisotopic (exact) mass is 408 g/mol. The molecule has 27 heavy (non-hydrogen) atoms. The predicted octanol–water partition coefficient (Wildman–Crippen LogP) is 4.06. The minimum atomic E-state index is -0.686. The summed E-state index contributed by atoms with van der Waals surface area (Å²) in [5.41, 5.74) is 8.08. The fourth-order valence-electron chi connectivity index (χ4n) is 3.79. The molecule has 1 aliphatic heterocycles. The van der Waals surface area contributed by atoms with Crippen LogP contribution in [0.4, 0.5) is 0 Å². The van der Waals surface area contributed by atoms with Gasteiger partial charge in [0, 0.05) is 27.7 Å². The van der Waals surface area contributed by atoms with Crippen molar-refractivity contribution in [1.82, 2.24) is 5.32 Å². The molecule has 7 heteroatoms. The maximum absolute atomic E-state index is 13.1. The van der Waals surface area contributed by atoms with Crippen LogP contribution < -0.4 is 11.1 Å². The molecule has 1 aliphatic carbocycles. The Morgan fingerprint density at radius 1 is 1.33 bits per heavy atom. The van der Waals surface area contributed by atoms with Gasteiger partial charge in [0.1, 0.15) is 5.82 Å². The Bertz CT molecular complexity index is 887. The van der Waals surface area contributed by atoms with Crippen molar-refractivity contribution in [1.29, 1.82) is 0 Å². The Morgan fingerprint density at radius 3 is 2.67 bits per heavy atom. The number of benzene rings is 1. The number of ether oxygens (including phenoxy) is 1. The first kappa shape index (κ1) is 19.8. The van der Waals surface area contributed by atoms with E-state index in [1.165, 1.54) is 0 Å². The Morgan fingerprint density at radius 2 is 2.04 bits per heavy atom. The van der Waals surface area contributed by atoms with Crippen LogP contribution in [-0.2, 0) is 14.3 Å². The van der Waals surface area contributed by atoms with E-state index >= 15 is 0 Å². The summed E-state index contributed by atoms with van der Waals surface area (Å²) in [4.78, 5) is 25.7. The fraction of sp³-hybridized carbons (Fsp3) is 0.400. The quantitative estimate of drug-likeness (QED) is 0.736. The van der Waals surface area contributed by atoms with E-state index in [1.807, 2.05) is 13.8 Å². The molecule has 0 saturated carbocycles. The summed E-state index contributed by atoms with van der Waals surface area (Å²) >= 11 is 12.5. The van der Waals surface area contributed by atoms with Crippen LogP contribution in [0.5, 0.6) is 0 Å². The first-order valence-corrected chi connectivity index (χ1v) is 9.55. The molecule has 2 aliphatic rings. The number of allylic oxidation sites excluding steroid dienone is 2. The number of hydrogen-bond acceptors (Lipinski definition) is 5. The lowest BCUT2D eigenvalue weighted by Crippen LogP contribution is -2.41. The molecule has 1 aromatic carbocycles. The number of esters is 1. The highest BCUT2D eigenvalue weighted by molar-refractivity contribution is 6.35. The highest BCUT2D eigenvalue weighted by Gasteiger charge is 2.44. The van der Waals surface area contributed by atoms with Crippen molar-refractivity contribution in [2.75, 3.05) is 6.61 Å². The summed E-state index contributed by atoms with van der Waals surface area (Å²) in [7, 11) is 0. The molecule has 1 unspecified atom stereocenters. The van der Waals surface area contributed by atoms with Gasteiger partial charge >= 0.3 is 5.97 Å². The number of ketones is 1.